The van der Waals surface area contributed by atoms with E-state index in [1.54, 1.807) is 30.3 Å². The van der Waals surface area contributed by atoms with Crippen LogP contribution in [0.3, 0.4) is 0 Å². The first-order valence-electron chi connectivity index (χ1n) is 7.27. The maximum Gasteiger partial charge on any atom is 0.262 e. The first-order valence-corrected chi connectivity index (χ1v) is 7.27. The monoisotopic (exact) mass is 312 g/mol. The number of hydrogen-bond donors (Lipinski definition) is 2. The number of rotatable bonds is 4. The van der Waals surface area contributed by atoms with Crippen LogP contribution >= 0.6 is 0 Å². The molecule has 2 aromatic carbocycles. The maximum absolute atomic E-state index is 12.4. The smallest absolute Gasteiger partial charge is 0.262 e. The summed E-state index contributed by atoms with van der Waals surface area (Å²) in [6, 6.07) is 12.1. The lowest BCUT2D eigenvalue weighted by atomic mass is 10.1. The van der Waals surface area contributed by atoms with Gasteiger partial charge < -0.3 is 20.1 Å². The third kappa shape index (κ3) is 3.26. The van der Waals surface area contributed by atoms with Gasteiger partial charge in [0, 0.05) is 5.56 Å². The largest absolute Gasteiger partial charge is 0.492 e. The number of nitrogens with one attached hydrogen (secondary N) is 2. The third-order valence-electron chi connectivity index (χ3n) is 3.31. The van der Waals surface area contributed by atoms with E-state index >= 15 is 0 Å². The van der Waals surface area contributed by atoms with Crippen molar-refractivity contribution < 1.29 is 19.1 Å². The molecule has 6 heteroatoms. The molecule has 0 saturated carbocycles. The molecule has 0 spiro atoms. The van der Waals surface area contributed by atoms with Crippen LogP contribution in [-0.2, 0) is 4.79 Å². The molecule has 2 amide bonds. The molecule has 118 valence electrons. The van der Waals surface area contributed by atoms with Gasteiger partial charge in [-0.2, -0.15) is 0 Å². The minimum absolute atomic E-state index is 0.0136. The third-order valence-corrected chi connectivity index (χ3v) is 3.31. The number of carbonyl (C=O) groups is 2. The SMILES string of the molecule is CCOc1ccccc1NC(=O)c1ccc2c(c1)NC(=O)CO2. The number of carbonyl (C=O) groups excluding carboxylic acids is 2. The number of ether oxygens (including phenoxy) is 2. The molecule has 6 nitrogen and oxygen atoms in total. The van der Waals surface area contributed by atoms with E-state index in [2.05, 4.69) is 10.6 Å². The molecule has 1 heterocycles. The van der Waals surface area contributed by atoms with Crippen LogP contribution in [0.25, 0.3) is 0 Å². The maximum atomic E-state index is 12.4. The van der Waals surface area contributed by atoms with Gasteiger partial charge in [0.25, 0.3) is 11.8 Å². The highest BCUT2D eigenvalue weighted by Crippen LogP contribution is 2.29. The number of fused-ring (bicyclic) bond motifs is 1. The van der Waals surface area contributed by atoms with Crippen LogP contribution in [0.15, 0.2) is 42.5 Å². The second-order valence-electron chi connectivity index (χ2n) is 4.93. The van der Waals surface area contributed by atoms with E-state index in [1.807, 2.05) is 19.1 Å². The van der Waals surface area contributed by atoms with Crippen molar-refractivity contribution in [3.63, 3.8) is 0 Å². The van der Waals surface area contributed by atoms with E-state index in [0.717, 1.165) is 0 Å². The van der Waals surface area contributed by atoms with Crippen LogP contribution in [0, 0.1) is 0 Å². The zero-order chi connectivity index (χ0) is 16.2. The van der Waals surface area contributed by atoms with Crippen molar-refractivity contribution in [3.8, 4) is 11.5 Å². The lowest BCUT2D eigenvalue weighted by molar-refractivity contribution is -0.118. The summed E-state index contributed by atoms with van der Waals surface area (Å²) in [4.78, 5) is 23.8. The van der Waals surface area contributed by atoms with Crippen molar-refractivity contribution in [1.82, 2.24) is 0 Å². The van der Waals surface area contributed by atoms with Gasteiger partial charge in [0.05, 0.1) is 18.0 Å². The lowest BCUT2D eigenvalue weighted by Crippen LogP contribution is -2.25. The topological polar surface area (TPSA) is 76.7 Å². The van der Waals surface area contributed by atoms with Crippen molar-refractivity contribution in [2.24, 2.45) is 0 Å². The van der Waals surface area contributed by atoms with Gasteiger partial charge in [-0.3, -0.25) is 9.59 Å². The second kappa shape index (κ2) is 6.39. The molecule has 0 aromatic heterocycles. The Kier molecular flexibility index (Phi) is 4.14. The van der Waals surface area contributed by atoms with E-state index in [4.69, 9.17) is 9.47 Å². The van der Waals surface area contributed by atoms with Crippen molar-refractivity contribution in [2.75, 3.05) is 23.8 Å². The summed E-state index contributed by atoms with van der Waals surface area (Å²) < 4.78 is 10.8. The Hall–Kier alpha value is -3.02. The molecule has 2 aromatic rings. The van der Waals surface area contributed by atoms with Crippen LogP contribution in [0.4, 0.5) is 11.4 Å². The van der Waals surface area contributed by atoms with Crippen molar-refractivity contribution >= 4 is 23.2 Å². The summed E-state index contributed by atoms with van der Waals surface area (Å²) in [5.74, 6) is 0.630. The molecule has 1 aliphatic rings. The molecule has 0 bridgehead atoms. The summed E-state index contributed by atoms with van der Waals surface area (Å²) in [6.45, 7) is 2.38. The van der Waals surface area contributed by atoms with Gasteiger partial charge in [-0.05, 0) is 37.3 Å². The Balaban J connectivity index is 1.81. The first kappa shape index (κ1) is 14.9. The molecule has 1 aliphatic heterocycles. The summed E-state index contributed by atoms with van der Waals surface area (Å²) in [7, 11) is 0. The number of hydrogen-bond acceptors (Lipinski definition) is 4. The van der Waals surface area contributed by atoms with E-state index in [1.165, 1.54) is 0 Å². The van der Waals surface area contributed by atoms with Crippen LogP contribution in [-0.4, -0.2) is 25.0 Å². The lowest BCUT2D eigenvalue weighted by Gasteiger charge is -2.18. The Morgan fingerprint density at radius 2 is 2.13 bits per heavy atom. The Labute approximate surface area is 133 Å². The number of benzene rings is 2. The summed E-state index contributed by atoms with van der Waals surface area (Å²) in [5.41, 5.74) is 1.50. The van der Waals surface area contributed by atoms with Crippen molar-refractivity contribution in [3.05, 3.63) is 48.0 Å². The predicted molar refractivity (Wildman–Crippen MR) is 86.1 cm³/mol. The molecule has 2 N–H and O–H groups in total. The number of amides is 2. The molecule has 0 unspecified atom stereocenters. The van der Waals surface area contributed by atoms with Crippen LogP contribution in [0.2, 0.25) is 0 Å². The quantitative estimate of drug-likeness (QED) is 0.910. The van der Waals surface area contributed by atoms with Crippen LogP contribution < -0.4 is 20.1 Å². The number of anilines is 2. The van der Waals surface area contributed by atoms with E-state index in [0.29, 0.717) is 35.0 Å². The predicted octanol–water partition coefficient (Wildman–Crippen LogP) is 2.67. The first-order chi connectivity index (χ1) is 11.2. The molecule has 0 aliphatic carbocycles. The highest BCUT2D eigenvalue weighted by Gasteiger charge is 2.18. The highest BCUT2D eigenvalue weighted by atomic mass is 16.5. The molecule has 0 radical (unpaired) electrons. The molecule has 3 rings (SSSR count). The average Bonchev–Trinajstić information content (AvgIpc) is 2.56. The average molecular weight is 312 g/mol. The molecule has 0 saturated heterocycles. The van der Waals surface area contributed by atoms with Gasteiger partial charge in [0.2, 0.25) is 0 Å². The van der Waals surface area contributed by atoms with Crippen molar-refractivity contribution in [2.45, 2.75) is 6.92 Å². The standard InChI is InChI=1S/C17H16N2O4/c1-2-22-14-6-4-3-5-12(14)19-17(21)11-7-8-15-13(9-11)18-16(20)10-23-15/h3-9H,2,10H2,1H3,(H,18,20)(H,19,21). The van der Waals surface area contributed by atoms with Gasteiger partial charge >= 0.3 is 0 Å². The normalized spacial score (nSPS) is 12.7. The second-order valence-corrected chi connectivity index (χ2v) is 4.93. The zero-order valence-electron chi connectivity index (χ0n) is 12.6. The molecular weight excluding hydrogens is 296 g/mol. The van der Waals surface area contributed by atoms with Gasteiger partial charge in [0.1, 0.15) is 11.5 Å². The van der Waals surface area contributed by atoms with Crippen molar-refractivity contribution in [1.29, 1.82) is 0 Å². The van der Waals surface area contributed by atoms with Gasteiger partial charge in [-0.15, -0.1) is 0 Å². The summed E-state index contributed by atoms with van der Waals surface area (Å²) >= 11 is 0. The summed E-state index contributed by atoms with van der Waals surface area (Å²) in [6.07, 6.45) is 0. The van der Waals surface area contributed by atoms with E-state index in [-0.39, 0.29) is 18.4 Å². The fraction of sp³-hybridized carbons (Fsp3) is 0.176. The molecular formula is C17H16N2O4. The van der Waals surface area contributed by atoms with Gasteiger partial charge in [0.15, 0.2) is 6.61 Å². The van der Waals surface area contributed by atoms with E-state index < -0.39 is 0 Å². The fourth-order valence-corrected chi connectivity index (χ4v) is 2.27. The number of para-hydroxylation sites is 2. The molecule has 0 atom stereocenters. The highest BCUT2D eigenvalue weighted by molar-refractivity contribution is 6.06. The van der Waals surface area contributed by atoms with Gasteiger partial charge in [-0.25, -0.2) is 0 Å². The van der Waals surface area contributed by atoms with Crippen LogP contribution in [0.5, 0.6) is 11.5 Å². The van der Waals surface area contributed by atoms with Gasteiger partial charge in [-0.1, -0.05) is 12.1 Å². The Bertz CT molecular complexity index is 758. The molecule has 0 fully saturated rings. The minimum Gasteiger partial charge on any atom is -0.492 e. The zero-order valence-corrected chi connectivity index (χ0v) is 12.6. The van der Waals surface area contributed by atoms with Crippen LogP contribution in [0.1, 0.15) is 17.3 Å². The minimum atomic E-state index is -0.292. The summed E-state index contributed by atoms with van der Waals surface area (Å²) in [5, 5.41) is 5.49. The Morgan fingerprint density at radius 1 is 1.30 bits per heavy atom. The Morgan fingerprint density at radius 3 is 2.96 bits per heavy atom. The van der Waals surface area contributed by atoms with E-state index in [9.17, 15) is 9.59 Å². The molecule has 23 heavy (non-hydrogen) atoms. The fourth-order valence-electron chi connectivity index (χ4n) is 2.27.